The van der Waals surface area contributed by atoms with Gasteiger partial charge in [-0.15, -0.1) is 0 Å². The largest absolute Gasteiger partial charge is 0.384 e. The number of nitrogens with zero attached hydrogens (tertiary/aromatic N) is 1. The molecule has 0 saturated carbocycles. The van der Waals surface area contributed by atoms with E-state index in [-0.39, 0.29) is 18.4 Å². The molecule has 5 nitrogen and oxygen atoms in total. The minimum atomic E-state index is -0.155. The third-order valence-electron chi connectivity index (χ3n) is 3.59. The van der Waals surface area contributed by atoms with Crippen LogP contribution in [0.1, 0.15) is 29.3 Å². The van der Waals surface area contributed by atoms with Crippen molar-refractivity contribution in [3.05, 3.63) is 29.3 Å². The number of hydrogen-bond acceptors (Lipinski definition) is 3. The van der Waals surface area contributed by atoms with E-state index in [0.717, 1.165) is 25.1 Å². The Morgan fingerprint density at radius 1 is 1.40 bits per heavy atom. The van der Waals surface area contributed by atoms with E-state index in [1.807, 2.05) is 25.1 Å². The summed E-state index contributed by atoms with van der Waals surface area (Å²) in [6, 6.07) is 5.78. The quantitative estimate of drug-likeness (QED) is 0.869. The summed E-state index contributed by atoms with van der Waals surface area (Å²) in [5, 5.41) is 5.86. The number of carbonyl (C=O) groups excluding carboxylic acids is 2. The van der Waals surface area contributed by atoms with Crippen molar-refractivity contribution in [1.82, 2.24) is 10.2 Å². The lowest BCUT2D eigenvalue weighted by molar-refractivity contribution is -0.121. The smallest absolute Gasteiger partial charge is 0.256 e. The number of amides is 2. The van der Waals surface area contributed by atoms with Gasteiger partial charge in [-0.05, 0) is 31.4 Å². The van der Waals surface area contributed by atoms with Gasteiger partial charge in [-0.1, -0.05) is 12.1 Å². The molecule has 0 fully saturated rings. The minimum Gasteiger partial charge on any atom is -0.384 e. The molecule has 0 spiro atoms. The standard InChI is InChI=1S/C15H21N3O2/c1-3-18(10-13(19)16-2)15(20)12-8-4-6-11-7-5-9-17-14(11)12/h4,6,8,17H,3,5,7,9-10H2,1-2H3,(H,16,19). The van der Waals surface area contributed by atoms with E-state index in [4.69, 9.17) is 0 Å². The third-order valence-corrected chi connectivity index (χ3v) is 3.59. The molecule has 0 unspecified atom stereocenters. The van der Waals surface area contributed by atoms with Gasteiger partial charge in [0.05, 0.1) is 17.8 Å². The highest BCUT2D eigenvalue weighted by molar-refractivity contribution is 6.01. The lowest BCUT2D eigenvalue weighted by atomic mass is 9.99. The predicted molar refractivity (Wildman–Crippen MR) is 78.9 cm³/mol. The van der Waals surface area contributed by atoms with E-state index >= 15 is 0 Å². The second-order valence-corrected chi connectivity index (χ2v) is 4.86. The van der Waals surface area contributed by atoms with Gasteiger partial charge in [-0.3, -0.25) is 9.59 Å². The van der Waals surface area contributed by atoms with Gasteiger partial charge < -0.3 is 15.5 Å². The Kier molecular flexibility index (Phi) is 4.61. The van der Waals surface area contributed by atoms with Crippen LogP contribution >= 0.6 is 0 Å². The lowest BCUT2D eigenvalue weighted by Crippen LogP contribution is -2.39. The predicted octanol–water partition coefficient (Wildman–Crippen LogP) is 1.25. The Morgan fingerprint density at radius 2 is 2.20 bits per heavy atom. The summed E-state index contributed by atoms with van der Waals surface area (Å²) >= 11 is 0. The Labute approximate surface area is 119 Å². The number of para-hydroxylation sites is 1. The van der Waals surface area contributed by atoms with Gasteiger partial charge in [0.25, 0.3) is 5.91 Å². The molecule has 108 valence electrons. The maximum absolute atomic E-state index is 12.6. The zero-order valence-electron chi connectivity index (χ0n) is 12.0. The highest BCUT2D eigenvalue weighted by Crippen LogP contribution is 2.26. The summed E-state index contributed by atoms with van der Waals surface area (Å²) in [5.41, 5.74) is 2.77. The summed E-state index contributed by atoms with van der Waals surface area (Å²) in [4.78, 5) is 25.7. The first-order valence-electron chi connectivity index (χ1n) is 7.03. The number of fused-ring (bicyclic) bond motifs is 1. The first-order valence-corrected chi connectivity index (χ1v) is 7.03. The fraction of sp³-hybridized carbons (Fsp3) is 0.467. The normalized spacial score (nSPS) is 13.1. The molecule has 1 aliphatic heterocycles. The number of hydrogen-bond donors (Lipinski definition) is 2. The fourth-order valence-electron chi connectivity index (χ4n) is 2.44. The average molecular weight is 275 g/mol. The second kappa shape index (κ2) is 6.41. The van der Waals surface area contributed by atoms with Gasteiger partial charge in [0.2, 0.25) is 5.91 Å². The van der Waals surface area contributed by atoms with Crippen molar-refractivity contribution in [2.24, 2.45) is 0 Å². The van der Waals surface area contributed by atoms with Gasteiger partial charge in [0, 0.05) is 20.1 Å². The van der Waals surface area contributed by atoms with Crippen LogP contribution in [0, 0.1) is 0 Å². The van der Waals surface area contributed by atoms with Gasteiger partial charge in [-0.25, -0.2) is 0 Å². The zero-order chi connectivity index (χ0) is 14.5. The van der Waals surface area contributed by atoms with Crippen molar-refractivity contribution in [3.63, 3.8) is 0 Å². The Hall–Kier alpha value is -2.04. The van der Waals surface area contributed by atoms with Gasteiger partial charge in [0.15, 0.2) is 0 Å². The molecular weight excluding hydrogens is 254 g/mol. The molecule has 0 aliphatic carbocycles. The Balaban J connectivity index is 2.25. The number of aryl methyl sites for hydroxylation is 1. The number of anilines is 1. The minimum absolute atomic E-state index is 0.0928. The molecule has 0 aromatic heterocycles. The summed E-state index contributed by atoms with van der Waals surface area (Å²) in [6.45, 7) is 3.37. The van der Waals surface area contributed by atoms with Crippen LogP contribution < -0.4 is 10.6 Å². The van der Waals surface area contributed by atoms with E-state index in [0.29, 0.717) is 12.1 Å². The lowest BCUT2D eigenvalue weighted by Gasteiger charge is -2.25. The maximum atomic E-state index is 12.6. The van der Waals surface area contributed by atoms with Crippen LogP contribution in [0.25, 0.3) is 0 Å². The molecule has 1 aliphatic rings. The molecule has 20 heavy (non-hydrogen) atoms. The van der Waals surface area contributed by atoms with Crippen LogP contribution in [-0.4, -0.2) is 43.4 Å². The van der Waals surface area contributed by atoms with Crippen molar-refractivity contribution in [1.29, 1.82) is 0 Å². The number of likely N-dealkylation sites (N-methyl/N-ethyl adjacent to an activating group) is 2. The fourth-order valence-corrected chi connectivity index (χ4v) is 2.44. The molecule has 1 aromatic carbocycles. The first kappa shape index (κ1) is 14.4. The summed E-state index contributed by atoms with van der Waals surface area (Å²) in [5.74, 6) is -0.250. The maximum Gasteiger partial charge on any atom is 0.256 e. The van der Waals surface area contributed by atoms with Crippen molar-refractivity contribution in [3.8, 4) is 0 Å². The van der Waals surface area contributed by atoms with Crippen molar-refractivity contribution in [2.45, 2.75) is 19.8 Å². The van der Waals surface area contributed by atoms with Crippen LogP contribution in [0.3, 0.4) is 0 Å². The number of benzene rings is 1. The van der Waals surface area contributed by atoms with E-state index in [1.165, 1.54) is 5.56 Å². The SMILES string of the molecule is CCN(CC(=O)NC)C(=O)c1cccc2c1NCCC2. The van der Waals surface area contributed by atoms with E-state index < -0.39 is 0 Å². The molecule has 2 N–H and O–H groups in total. The molecule has 2 rings (SSSR count). The monoisotopic (exact) mass is 275 g/mol. The number of nitrogens with one attached hydrogen (secondary N) is 2. The molecule has 0 saturated heterocycles. The van der Waals surface area contributed by atoms with Crippen LogP contribution in [0.5, 0.6) is 0 Å². The van der Waals surface area contributed by atoms with Crippen LogP contribution in [0.2, 0.25) is 0 Å². The summed E-state index contributed by atoms with van der Waals surface area (Å²) < 4.78 is 0. The zero-order valence-corrected chi connectivity index (χ0v) is 12.0. The molecule has 0 radical (unpaired) electrons. The highest BCUT2D eigenvalue weighted by Gasteiger charge is 2.22. The Bertz CT molecular complexity index is 514. The molecular formula is C15H21N3O2. The molecule has 5 heteroatoms. The molecule has 1 heterocycles. The first-order chi connectivity index (χ1) is 9.67. The summed E-state index contributed by atoms with van der Waals surface area (Å²) in [6.07, 6.45) is 2.07. The third kappa shape index (κ3) is 2.92. The van der Waals surface area contributed by atoms with Crippen LogP contribution in [0.4, 0.5) is 5.69 Å². The van der Waals surface area contributed by atoms with Gasteiger partial charge in [-0.2, -0.15) is 0 Å². The van der Waals surface area contributed by atoms with E-state index in [1.54, 1.807) is 11.9 Å². The number of carbonyl (C=O) groups is 2. The summed E-state index contributed by atoms with van der Waals surface area (Å²) in [7, 11) is 1.58. The van der Waals surface area contributed by atoms with E-state index in [2.05, 4.69) is 10.6 Å². The van der Waals surface area contributed by atoms with Crippen molar-refractivity contribution < 1.29 is 9.59 Å². The second-order valence-electron chi connectivity index (χ2n) is 4.86. The van der Waals surface area contributed by atoms with Gasteiger partial charge in [0.1, 0.15) is 0 Å². The average Bonchev–Trinajstić information content (AvgIpc) is 2.51. The molecule has 1 aromatic rings. The van der Waals surface area contributed by atoms with Crippen molar-refractivity contribution in [2.75, 3.05) is 32.0 Å². The molecule has 2 amide bonds. The van der Waals surface area contributed by atoms with Crippen LogP contribution in [-0.2, 0) is 11.2 Å². The van der Waals surface area contributed by atoms with E-state index in [9.17, 15) is 9.59 Å². The topological polar surface area (TPSA) is 61.4 Å². The highest BCUT2D eigenvalue weighted by atomic mass is 16.2. The van der Waals surface area contributed by atoms with Crippen molar-refractivity contribution >= 4 is 17.5 Å². The van der Waals surface area contributed by atoms with Gasteiger partial charge >= 0.3 is 0 Å². The number of rotatable bonds is 4. The molecule has 0 atom stereocenters. The molecule has 0 bridgehead atoms. The van der Waals surface area contributed by atoms with Crippen LogP contribution in [0.15, 0.2) is 18.2 Å². The Morgan fingerprint density at radius 3 is 2.90 bits per heavy atom.